The van der Waals surface area contributed by atoms with Crippen molar-refractivity contribution in [2.45, 2.75) is 44.8 Å². The summed E-state index contributed by atoms with van der Waals surface area (Å²) in [4.78, 5) is 18.7. The molecule has 1 saturated heterocycles. The van der Waals surface area contributed by atoms with Crippen molar-refractivity contribution in [3.05, 3.63) is 40.5 Å². The Morgan fingerprint density at radius 3 is 2.77 bits per heavy atom. The summed E-state index contributed by atoms with van der Waals surface area (Å²) in [6, 6.07) is 4.90. The Kier molecular flexibility index (Phi) is 6.09. The van der Waals surface area contributed by atoms with Crippen LogP contribution in [-0.4, -0.2) is 41.7 Å². The van der Waals surface area contributed by atoms with Gasteiger partial charge in [-0.2, -0.15) is 0 Å². The van der Waals surface area contributed by atoms with E-state index in [0.29, 0.717) is 36.7 Å². The number of hydrogen-bond donors (Lipinski definition) is 1. The molecule has 3 fully saturated rings. The van der Waals surface area contributed by atoms with Crippen LogP contribution in [0, 0.1) is 23.6 Å². The Morgan fingerprint density at radius 2 is 2.03 bits per heavy atom. The van der Waals surface area contributed by atoms with E-state index in [4.69, 9.17) is 9.47 Å². The van der Waals surface area contributed by atoms with Crippen molar-refractivity contribution in [3.63, 3.8) is 0 Å². The molecule has 2 heterocycles. The van der Waals surface area contributed by atoms with Gasteiger partial charge in [0.15, 0.2) is 11.6 Å². The molecule has 6 nitrogen and oxygen atoms in total. The maximum Gasteiger partial charge on any atom is 0.416 e. The number of hydrogen-bond acceptors (Lipinski definition) is 6. The predicted octanol–water partition coefficient (Wildman–Crippen LogP) is 4.46. The first-order valence-electron chi connectivity index (χ1n) is 11.2. The number of fused-ring (bicyclic) bond motifs is 1. The van der Waals surface area contributed by atoms with E-state index in [1.165, 1.54) is 23.8 Å². The largest absolute Gasteiger partial charge is 0.487 e. The van der Waals surface area contributed by atoms with Crippen LogP contribution in [0.5, 0.6) is 11.6 Å². The third kappa shape index (κ3) is 4.85. The highest BCUT2D eigenvalue weighted by atomic mass is 32.1. The van der Waals surface area contributed by atoms with Gasteiger partial charge in [-0.3, -0.25) is 0 Å². The van der Waals surface area contributed by atoms with E-state index in [2.05, 4.69) is 10.3 Å². The fraction of sp³-hybridized carbons (Fsp3) is 0.565. The molecule has 2 aliphatic carbocycles. The molecule has 1 amide bonds. The van der Waals surface area contributed by atoms with Crippen LogP contribution in [0.3, 0.4) is 0 Å². The molecule has 5 rings (SSSR count). The van der Waals surface area contributed by atoms with Crippen molar-refractivity contribution in [3.8, 4) is 11.6 Å². The Bertz CT molecular complexity index is 893. The normalized spacial score (nSPS) is 25.1. The van der Waals surface area contributed by atoms with Crippen LogP contribution in [0.1, 0.15) is 37.7 Å². The SMILES string of the molecule is O=C(Oc1cscn1)N(Cc1ccc(F)c(OC2CCCCC2)c1)CC1C2CNCC21. The lowest BCUT2D eigenvalue weighted by molar-refractivity contribution is 0.141. The number of benzene rings is 1. The molecule has 2 saturated carbocycles. The summed E-state index contributed by atoms with van der Waals surface area (Å²) >= 11 is 1.38. The quantitative estimate of drug-likeness (QED) is 0.682. The molecule has 166 valence electrons. The second-order valence-electron chi connectivity index (χ2n) is 8.87. The molecular weight excluding hydrogens is 417 g/mol. The highest BCUT2D eigenvalue weighted by molar-refractivity contribution is 7.07. The van der Waals surface area contributed by atoms with E-state index < -0.39 is 6.09 Å². The number of nitrogens with zero attached hydrogens (tertiary/aromatic N) is 2. The second-order valence-corrected chi connectivity index (χ2v) is 9.59. The number of rotatable bonds is 7. The highest BCUT2D eigenvalue weighted by Crippen LogP contribution is 2.49. The standard InChI is InChI=1S/C23H28FN3O3S/c24-20-7-6-15(8-21(20)29-16-4-2-1-3-5-16)11-27(12-19-17-9-25-10-18(17)19)23(28)30-22-13-31-14-26-22/h6-8,13-14,16-19,25H,1-5,9-12H2. The van der Waals surface area contributed by atoms with Gasteiger partial charge in [0.2, 0.25) is 5.88 Å². The number of halogens is 1. The molecule has 2 unspecified atom stereocenters. The van der Waals surface area contributed by atoms with Crippen LogP contribution in [-0.2, 0) is 6.54 Å². The smallest absolute Gasteiger partial charge is 0.416 e. The lowest BCUT2D eigenvalue weighted by atomic mass is 9.98. The molecule has 0 spiro atoms. The molecule has 3 aliphatic rings. The molecule has 31 heavy (non-hydrogen) atoms. The molecule has 2 atom stereocenters. The Morgan fingerprint density at radius 1 is 1.23 bits per heavy atom. The Labute approximate surface area is 185 Å². The van der Waals surface area contributed by atoms with Crippen LogP contribution in [0.15, 0.2) is 29.1 Å². The fourth-order valence-corrected chi connectivity index (χ4v) is 5.45. The van der Waals surface area contributed by atoms with Crippen LogP contribution in [0.2, 0.25) is 0 Å². The molecular formula is C23H28FN3O3S. The first-order valence-corrected chi connectivity index (χ1v) is 12.1. The second kappa shape index (κ2) is 9.12. The summed E-state index contributed by atoms with van der Waals surface area (Å²) in [6.45, 7) is 3.02. The first-order chi connectivity index (χ1) is 15.2. The van der Waals surface area contributed by atoms with E-state index in [1.807, 2.05) is 0 Å². The van der Waals surface area contributed by atoms with Gasteiger partial charge in [0.05, 0.1) is 17.0 Å². The monoisotopic (exact) mass is 445 g/mol. The lowest BCUT2D eigenvalue weighted by Gasteiger charge is -2.25. The molecule has 1 N–H and O–H groups in total. The molecule has 8 heteroatoms. The molecule has 0 radical (unpaired) electrons. The Balaban J connectivity index is 1.29. The Hall–Kier alpha value is -2.19. The molecule has 2 aromatic rings. The zero-order valence-electron chi connectivity index (χ0n) is 17.5. The van der Waals surface area contributed by atoms with E-state index in [-0.39, 0.29) is 17.7 Å². The highest BCUT2D eigenvalue weighted by Gasteiger charge is 2.53. The number of aromatic nitrogens is 1. The predicted molar refractivity (Wildman–Crippen MR) is 116 cm³/mol. The minimum atomic E-state index is -0.414. The summed E-state index contributed by atoms with van der Waals surface area (Å²) < 4.78 is 25.9. The van der Waals surface area contributed by atoms with Crippen LogP contribution >= 0.6 is 11.3 Å². The van der Waals surface area contributed by atoms with Crippen molar-refractivity contribution in [2.24, 2.45) is 17.8 Å². The van der Waals surface area contributed by atoms with Gasteiger partial charge in [-0.15, -0.1) is 11.3 Å². The maximum atomic E-state index is 14.4. The van der Waals surface area contributed by atoms with Crippen molar-refractivity contribution < 1.29 is 18.7 Å². The number of carbonyl (C=O) groups is 1. The summed E-state index contributed by atoms with van der Waals surface area (Å²) in [7, 11) is 0. The maximum absolute atomic E-state index is 14.4. The summed E-state index contributed by atoms with van der Waals surface area (Å²) in [5, 5.41) is 5.10. The molecule has 1 aromatic carbocycles. The van der Waals surface area contributed by atoms with E-state index in [1.54, 1.807) is 27.9 Å². The molecule has 1 aliphatic heterocycles. The number of nitrogens with one attached hydrogen (secondary N) is 1. The van der Waals surface area contributed by atoms with Gasteiger partial charge in [-0.1, -0.05) is 12.5 Å². The minimum Gasteiger partial charge on any atom is -0.487 e. The van der Waals surface area contributed by atoms with Crippen LogP contribution in [0.25, 0.3) is 0 Å². The number of carbonyl (C=O) groups excluding carboxylic acids is 1. The molecule has 1 aromatic heterocycles. The third-order valence-corrected chi connectivity index (χ3v) is 7.34. The van der Waals surface area contributed by atoms with Gasteiger partial charge >= 0.3 is 6.09 Å². The van der Waals surface area contributed by atoms with Gasteiger partial charge in [-0.25, -0.2) is 14.2 Å². The lowest BCUT2D eigenvalue weighted by Crippen LogP contribution is -2.36. The molecule has 0 bridgehead atoms. The van der Waals surface area contributed by atoms with Crippen LogP contribution in [0.4, 0.5) is 9.18 Å². The fourth-order valence-electron chi connectivity index (χ4n) is 5.00. The van der Waals surface area contributed by atoms with Crippen molar-refractivity contribution in [2.75, 3.05) is 19.6 Å². The van der Waals surface area contributed by atoms with E-state index in [9.17, 15) is 9.18 Å². The first kappa shape index (κ1) is 20.7. The van der Waals surface area contributed by atoms with Gasteiger partial charge in [0.25, 0.3) is 0 Å². The average Bonchev–Trinajstić information content (AvgIpc) is 3.16. The van der Waals surface area contributed by atoms with Gasteiger partial charge in [0.1, 0.15) is 0 Å². The van der Waals surface area contributed by atoms with Crippen molar-refractivity contribution in [1.82, 2.24) is 15.2 Å². The van der Waals surface area contributed by atoms with Gasteiger partial charge < -0.3 is 19.7 Å². The third-order valence-electron chi connectivity index (χ3n) is 6.77. The number of ether oxygens (including phenoxy) is 2. The minimum absolute atomic E-state index is 0.0718. The van der Waals surface area contributed by atoms with Crippen molar-refractivity contribution >= 4 is 17.4 Å². The topological polar surface area (TPSA) is 63.7 Å². The van der Waals surface area contributed by atoms with E-state index in [0.717, 1.165) is 44.3 Å². The average molecular weight is 446 g/mol. The number of piperidine rings is 1. The van der Waals surface area contributed by atoms with Crippen molar-refractivity contribution in [1.29, 1.82) is 0 Å². The van der Waals surface area contributed by atoms with Gasteiger partial charge in [-0.05, 0) is 74.2 Å². The number of amides is 1. The van der Waals surface area contributed by atoms with Gasteiger partial charge in [0, 0.05) is 13.1 Å². The van der Waals surface area contributed by atoms with Crippen LogP contribution < -0.4 is 14.8 Å². The summed E-state index contributed by atoms with van der Waals surface area (Å²) in [5.74, 6) is 2.00. The summed E-state index contributed by atoms with van der Waals surface area (Å²) in [6.07, 6.45) is 5.06. The van der Waals surface area contributed by atoms with E-state index >= 15 is 0 Å². The zero-order valence-corrected chi connectivity index (χ0v) is 18.3. The zero-order chi connectivity index (χ0) is 21.2. The summed E-state index contributed by atoms with van der Waals surface area (Å²) in [5.41, 5.74) is 2.48. The number of thiazole rings is 1.